The summed E-state index contributed by atoms with van der Waals surface area (Å²) in [5.74, 6) is -0.170. The number of halogens is 1. The zero-order valence-corrected chi connectivity index (χ0v) is 12.9. The Hall–Kier alpha value is -1.76. The number of carbonyl (C=O) groups excluding carboxylic acids is 2. The first-order valence-corrected chi connectivity index (χ1v) is 7.31. The van der Waals surface area contributed by atoms with E-state index in [1.165, 1.54) is 4.68 Å². The number of alkyl halides is 1. The quantitative estimate of drug-likeness (QED) is 0.619. The molecule has 0 fully saturated rings. The van der Waals surface area contributed by atoms with Crippen molar-refractivity contribution < 1.29 is 19.1 Å². The molecule has 8 heteroatoms. The molecule has 0 N–H and O–H groups in total. The lowest BCUT2D eigenvalue weighted by Gasteiger charge is -2.25. The Labute approximate surface area is 127 Å². The SMILES string of the molecule is CCOC(=O)c1c2c(nn1C)CCN(C(=O)OCCCl)C2. The summed E-state index contributed by atoms with van der Waals surface area (Å²) in [4.78, 5) is 25.4. The van der Waals surface area contributed by atoms with E-state index in [0.29, 0.717) is 31.8 Å². The van der Waals surface area contributed by atoms with E-state index in [4.69, 9.17) is 21.1 Å². The van der Waals surface area contributed by atoms with Gasteiger partial charge in [-0.15, -0.1) is 11.6 Å². The average Bonchev–Trinajstić information content (AvgIpc) is 2.79. The number of aromatic nitrogens is 2. The lowest BCUT2D eigenvalue weighted by Crippen LogP contribution is -2.37. The van der Waals surface area contributed by atoms with E-state index in [-0.39, 0.29) is 12.5 Å². The molecule has 2 heterocycles. The first kappa shape index (κ1) is 15.6. The van der Waals surface area contributed by atoms with Crippen LogP contribution in [0.1, 0.15) is 28.7 Å². The van der Waals surface area contributed by atoms with Crippen LogP contribution in [0.2, 0.25) is 0 Å². The maximum atomic E-state index is 12.0. The van der Waals surface area contributed by atoms with Crippen molar-refractivity contribution >= 4 is 23.7 Å². The molecule has 0 atom stereocenters. The highest BCUT2D eigenvalue weighted by Gasteiger charge is 2.30. The molecule has 1 aromatic rings. The summed E-state index contributed by atoms with van der Waals surface area (Å²) in [5.41, 5.74) is 1.94. The second-order valence-electron chi connectivity index (χ2n) is 4.59. The van der Waals surface area contributed by atoms with E-state index >= 15 is 0 Å². The van der Waals surface area contributed by atoms with Crippen LogP contribution in [0.15, 0.2) is 0 Å². The van der Waals surface area contributed by atoms with Crippen LogP contribution in [-0.2, 0) is 29.5 Å². The molecule has 1 aliphatic heterocycles. The molecule has 1 aromatic heterocycles. The predicted molar refractivity (Wildman–Crippen MR) is 75.3 cm³/mol. The van der Waals surface area contributed by atoms with Gasteiger partial charge in [-0.05, 0) is 6.92 Å². The fourth-order valence-electron chi connectivity index (χ4n) is 2.33. The highest BCUT2D eigenvalue weighted by Crippen LogP contribution is 2.23. The Bertz CT molecular complexity index is 544. The van der Waals surface area contributed by atoms with Gasteiger partial charge in [0.05, 0.1) is 24.7 Å². The summed E-state index contributed by atoms with van der Waals surface area (Å²) in [6, 6.07) is 0. The van der Waals surface area contributed by atoms with Crippen molar-refractivity contribution in [2.75, 3.05) is 25.6 Å². The number of fused-ring (bicyclic) bond motifs is 1. The number of amides is 1. The summed E-state index contributed by atoms with van der Waals surface area (Å²) in [5, 5.41) is 4.33. The van der Waals surface area contributed by atoms with Crippen molar-refractivity contribution in [3.63, 3.8) is 0 Å². The topological polar surface area (TPSA) is 73.7 Å². The van der Waals surface area contributed by atoms with Crippen LogP contribution < -0.4 is 0 Å². The Morgan fingerprint density at radius 2 is 2.14 bits per heavy atom. The zero-order valence-electron chi connectivity index (χ0n) is 12.1. The first-order valence-electron chi connectivity index (χ1n) is 6.78. The smallest absolute Gasteiger partial charge is 0.410 e. The molecule has 0 unspecified atom stereocenters. The lowest BCUT2D eigenvalue weighted by atomic mass is 10.1. The third-order valence-electron chi connectivity index (χ3n) is 3.23. The largest absolute Gasteiger partial charge is 0.461 e. The van der Waals surface area contributed by atoms with E-state index in [1.54, 1.807) is 18.9 Å². The van der Waals surface area contributed by atoms with Crippen LogP contribution in [0.4, 0.5) is 4.79 Å². The molecule has 1 aliphatic rings. The van der Waals surface area contributed by atoms with E-state index in [2.05, 4.69) is 5.10 Å². The van der Waals surface area contributed by atoms with Gasteiger partial charge in [0.2, 0.25) is 0 Å². The molecule has 0 saturated carbocycles. The number of esters is 1. The summed E-state index contributed by atoms with van der Waals surface area (Å²) in [7, 11) is 1.70. The minimum absolute atomic E-state index is 0.168. The third kappa shape index (κ3) is 3.29. The van der Waals surface area contributed by atoms with Gasteiger partial charge in [-0.25, -0.2) is 9.59 Å². The maximum absolute atomic E-state index is 12.0. The van der Waals surface area contributed by atoms with Crippen molar-refractivity contribution in [3.8, 4) is 0 Å². The Kier molecular flexibility index (Phi) is 5.06. The maximum Gasteiger partial charge on any atom is 0.410 e. The van der Waals surface area contributed by atoms with Crippen LogP contribution in [0.5, 0.6) is 0 Å². The van der Waals surface area contributed by atoms with Gasteiger partial charge in [-0.1, -0.05) is 0 Å². The fourth-order valence-corrected chi connectivity index (χ4v) is 2.41. The van der Waals surface area contributed by atoms with Crippen molar-refractivity contribution in [3.05, 3.63) is 17.0 Å². The molecule has 0 aliphatic carbocycles. The van der Waals surface area contributed by atoms with Gasteiger partial charge in [-0.2, -0.15) is 5.10 Å². The molecule has 0 aromatic carbocycles. The molecule has 0 saturated heterocycles. The predicted octanol–water partition coefficient (Wildman–Crippen LogP) is 1.33. The molecule has 7 nitrogen and oxygen atoms in total. The molecule has 0 radical (unpaired) electrons. The zero-order chi connectivity index (χ0) is 15.4. The molecule has 0 spiro atoms. The minimum atomic E-state index is -0.431. The van der Waals surface area contributed by atoms with Crippen molar-refractivity contribution in [1.29, 1.82) is 0 Å². The van der Waals surface area contributed by atoms with Gasteiger partial charge in [0.25, 0.3) is 0 Å². The average molecular weight is 316 g/mol. The minimum Gasteiger partial charge on any atom is -0.461 e. The second-order valence-corrected chi connectivity index (χ2v) is 4.97. The van der Waals surface area contributed by atoms with Gasteiger partial charge < -0.3 is 14.4 Å². The first-order chi connectivity index (χ1) is 10.1. The molecule has 2 rings (SSSR count). The van der Waals surface area contributed by atoms with Crippen molar-refractivity contribution in [2.45, 2.75) is 19.9 Å². The molecular weight excluding hydrogens is 298 g/mol. The van der Waals surface area contributed by atoms with Gasteiger partial charge in [-0.3, -0.25) is 4.68 Å². The second kappa shape index (κ2) is 6.80. The fraction of sp³-hybridized carbons (Fsp3) is 0.615. The van der Waals surface area contributed by atoms with Gasteiger partial charge in [0.15, 0.2) is 5.69 Å². The van der Waals surface area contributed by atoms with E-state index < -0.39 is 12.1 Å². The molecule has 21 heavy (non-hydrogen) atoms. The van der Waals surface area contributed by atoms with Crippen LogP contribution in [0.3, 0.4) is 0 Å². The van der Waals surface area contributed by atoms with Crippen molar-refractivity contribution in [1.82, 2.24) is 14.7 Å². The number of nitrogens with zero attached hydrogens (tertiary/aromatic N) is 3. The lowest BCUT2D eigenvalue weighted by molar-refractivity contribution is 0.0509. The van der Waals surface area contributed by atoms with Gasteiger partial charge in [0, 0.05) is 25.6 Å². The number of hydrogen-bond donors (Lipinski definition) is 0. The third-order valence-corrected chi connectivity index (χ3v) is 3.38. The Balaban J connectivity index is 2.18. The molecule has 116 valence electrons. The van der Waals surface area contributed by atoms with Crippen LogP contribution in [0, 0.1) is 0 Å². The monoisotopic (exact) mass is 315 g/mol. The molecular formula is C13H18ClN3O4. The summed E-state index contributed by atoms with van der Waals surface area (Å²) < 4.78 is 11.6. The van der Waals surface area contributed by atoms with Crippen LogP contribution >= 0.6 is 11.6 Å². The number of aryl methyl sites for hydroxylation is 1. The summed E-state index contributed by atoms with van der Waals surface area (Å²) >= 11 is 5.50. The van der Waals surface area contributed by atoms with E-state index in [9.17, 15) is 9.59 Å². The Morgan fingerprint density at radius 3 is 2.81 bits per heavy atom. The van der Waals surface area contributed by atoms with Crippen LogP contribution in [0.25, 0.3) is 0 Å². The van der Waals surface area contributed by atoms with Gasteiger partial charge >= 0.3 is 12.1 Å². The number of hydrogen-bond acceptors (Lipinski definition) is 5. The van der Waals surface area contributed by atoms with Gasteiger partial charge in [0.1, 0.15) is 6.61 Å². The normalized spacial score (nSPS) is 13.8. The standard InChI is InChI=1S/C13H18ClN3O4/c1-3-20-12(18)11-9-8-17(13(19)21-7-5-14)6-4-10(9)15-16(11)2/h3-8H2,1-2H3. The van der Waals surface area contributed by atoms with Crippen LogP contribution in [-0.4, -0.2) is 52.4 Å². The number of carbonyl (C=O) groups is 2. The van der Waals surface area contributed by atoms with E-state index in [1.807, 2.05) is 0 Å². The highest BCUT2D eigenvalue weighted by molar-refractivity contribution is 6.18. The molecule has 0 bridgehead atoms. The van der Waals surface area contributed by atoms with E-state index in [0.717, 1.165) is 11.3 Å². The summed E-state index contributed by atoms with van der Waals surface area (Å²) in [6.45, 7) is 3.00. The Morgan fingerprint density at radius 1 is 1.38 bits per heavy atom. The highest BCUT2D eigenvalue weighted by atomic mass is 35.5. The number of ether oxygens (including phenoxy) is 2. The molecule has 1 amide bonds. The number of rotatable bonds is 4. The van der Waals surface area contributed by atoms with Crippen molar-refractivity contribution in [2.24, 2.45) is 7.05 Å². The summed E-state index contributed by atoms with van der Waals surface area (Å²) in [6.07, 6.45) is 0.151.